The van der Waals surface area contributed by atoms with Crippen LogP contribution in [0.4, 0.5) is 4.79 Å². The number of hydrogen-bond acceptors (Lipinski definition) is 5. The molecule has 24 heavy (non-hydrogen) atoms. The zero-order chi connectivity index (χ0) is 17.5. The summed E-state index contributed by atoms with van der Waals surface area (Å²) in [6.45, 7) is 6.23. The Kier molecular flexibility index (Phi) is 6.31. The molecule has 2 amide bonds. The lowest BCUT2D eigenvalue weighted by molar-refractivity contribution is 0.164. The number of urea groups is 1. The van der Waals surface area contributed by atoms with E-state index in [1.54, 1.807) is 11.8 Å². The second-order valence-corrected chi connectivity index (χ2v) is 5.98. The Morgan fingerprint density at radius 2 is 2.04 bits per heavy atom. The van der Waals surface area contributed by atoms with Crippen LogP contribution in [0.5, 0.6) is 0 Å². The molecule has 0 saturated heterocycles. The lowest BCUT2D eigenvalue weighted by Gasteiger charge is -2.26. The second-order valence-electron chi connectivity index (χ2n) is 5.98. The van der Waals surface area contributed by atoms with Crippen LogP contribution in [0, 0.1) is 12.8 Å². The van der Waals surface area contributed by atoms with Gasteiger partial charge in [-0.3, -0.25) is 0 Å². The first-order chi connectivity index (χ1) is 11.5. The molecule has 0 aliphatic rings. The normalized spacial score (nSPS) is 12.2. The molecule has 7 nitrogen and oxygen atoms in total. The van der Waals surface area contributed by atoms with Crippen molar-refractivity contribution >= 4 is 6.03 Å². The molecule has 130 valence electrons. The van der Waals surface area contributed by atoms with Crippen molar-refractivity contribution < 1.29 is 14.4 Å². The van der Waals surface area contributed by atoms with Crippen LogP contribution >= 0.6 is 0 Å². The highest BCUT2D eigenvalue weighted by Crippen LogP contribution is 2.20. The van der Waals surface area contributed by atoms with Gasteiger partial charge in [0.15, 0.2) is 5.82 Å². The van der Waals surface area contributed by atoms with Gasteiger partial charge in [-0.25, -0.2) is 4.79 Å². The fourth-order valence-corrected chi connectivity index (χ4v) is 2.35. The lowest BCUT2D eigenvalue weighted by atomic mass is 10.0. The van der Waals surface area contributed by atoms with Gasteiger partial charge in [0.2, 0.25) is 5.89 Å². The maximum atomic E-state index is 12.6. The standard InChI is InChI=1S/C17H24N4O3/c1-12(2)15(16-18-13(3)20-24-16)19-17(23)21(9-10-22)11-14-7-5-4-6-8-14/h4-8,12,15,22H,9-11H2,1-3H3,(H,19,23). The van der Waals surface area contributed by atoms with Gasteiger partial charge in [-0.05, 0) is 18.4 Å². The topological polar surface area (TPSA) is 91.5 Å². The molecule has 1 atom stereocenters. The predicted octanol–water partition coefficient (Wildman–Crippen LogP) is 2.28. The number of aliphatic hydroxyl groups excluding tert-OH is 1. The smallest absolute Gasteiger partial charge is 0.318 e. The van der Waals surface area contributed by atoms with Gasteiger partial charge in [-0.2, -0.15) is 4.98 Å². The van der Waals surface area contributed by atoms with Gasteiger partial charge in [-0.15, -0.1) is 0 Å². The summed E-state index contributed by atoms with van der Waals surface area (Å²) < 4.78 is 5.20. The van der Waals surface area contributed by atoms with Crippen molar-refractivity contribution in [3.63, 3.8) is 0 Å². The van der Waals surface area contributed by atoms with E-state index < -0.39 is 0 Å². The molecular formula is C17H24N4O3. The number of hydrogen-bond donors (Lipinski definition) is 2. The molecule has 7 heteroatoms. The summed E-state index contributed by atoms with van der Waals surface area (Å²) >= 11 is 0. The summed E-state index contributed by atoms with van der Waals surface area (Å²) in [4.78, 5) is 18.4. The molecule has 2 rings (SSSR count). The second kappa shape index (κ2) is 8.44. The number of nitrogens with one attached hydrogen (secondary N) is 1. The molecule has 0 aliphatic heterocycles. The molecule has 1 unspecified atom stereocenters. The molecule has 0 radical (unpaired) electrons. The van der Waals surface area contributed by atoms with Gasteiger partial charge in [0.05, 0.1) is 6.61 Å². The molecule has 0 fully saturated rings. The van der Waals surface area contributed by atoms with Crippen molar-refractivity contribution in [3.05, 3.63) is 47.6 Å². The molecule has 0 spiro atoms. The highest BCUT2D eigenvalue weighted by molar-refractivity contribution is 5.74. The number of rotatable bonds is 7. The van der Waals surface area contributed by atoms with Gasteiger partial charge in [0.25, 0.3) is 0 Å². The van der Waals surface area contributed by atoms with Crippen LogP contribution in [0.1, 0.15) is 37.2 Å². The first kappa shape index (κ1) is 17.9. The van der Waals surface area contributed by atoms with E-state index in [4.69, 9.17) is 4.52 Å². The molecular weight excluding hydrogens is 308 g/mol. The van der Waals surface area contributed by atoms with E-state index in [1.165, 1.54) is 0 Å². The van der Waals surface area contributed by atoms with Crippen LogP contribution in [0.3, 0.4) is 0 Å². The Labute approximate surface area is 141 Å². The molecule has 1 aromatic carbocycles. The average molecular weight is 332 g/mol. The van der Waals surface area contributed by atoms with Crippen LogP contribution in [0.15, 0.2) is 34.9 Å². The summed E-state index contributed by atoms with van der Waals surface area (Å²) in [6, 6.07) is 8.99. The minimum absolute atomic E-state index is 0.0847. The summed E-state index contributed by atoms with van der Waals surface area (Å²) in [5.41, 5.74) is 0.996. The van der Waals surface area contributed by atoms with Crippen molar-refractivity contribution in [2.45, 2.75) is 33.4 Å². The van der Waals surface area contributed by atoms with Crippen LogP contribution in [0.2, 0.25) is 0 Å². The third-order valence-corrected chi connectivity index (χ3v) is 3.63. The number of benzene rings is 1. The lowest BCUT2D eigenvalue weighted by Crippen LogP contribution is -2.43. The van der Waals surface area contributed by atoms with Crippen LogP contribution in [-0.2, 0) is 6.54 Å². The largest absolute Gasteiger partial charge is 0.395 e. The maximum Gasteiger partial charge on any atom is 0.318 e. The van der Waals surface area contributed by atoms with E-state index >= 15 is 0 Å². The first-order valence-corrected chi connectivity index (χ1v) is 8.01. The zero-order valence-corrected chi connectivity index (χ0v) is 14.3. The maximum absolute atomic E-state index is 12.6. The van der Waals surface area contributed by atoms with Crippen LogP contribution in [-0.4, -0.2) is 39.3 Å². The van der Waals surface area contributed by atoms with Crippen LogP contribution in [0.25, 0.3) is 0 Å². The summed E-state index contributed by atoms with van der Waals surface area (Å²) in [7, 11) is 0. The minimum atomic E-state index is -0.379. The summed E-state index contributed by atoms with van der Waals surface area (Å²) in [6.07, 6.45) is 0. The van der Waals surface area contributed by atoms with E-state index in [2.05, 4.69) is 15.5 Å². The van der Waals surface area contributed by atoms with Crippen molar-refractivity contribution in [2.75, 3.05) is 13.2 Å². The number of nitrogens with zero attached hydrogens (tertiary/aromatic N) is 3. The molecule has 1 aromatic heterocycles. The van der Waals surface area contributed by atoms with Crippen molar-refractivity contribution in [2.24, 2.45) is 5.92 Å². The molecule has 2 N–H and O–H groups in total. The van der Waals surface area contributed by atoms with Crippen LogP contribution < -0.4 is 5.32 Å². The fourth-order valence-electron chi connectivity index (χ4n) is 2.35. The Morgan fingerprint density at radius 3 is 2.58 bits per heavy atom. The van der Waals surface area contributed by atoms with E-state index in [9.17, 15) is 9.90 Å². The number of carbonyl (C=O) groups excluding carboxylic acids is 1. The molecule has 1 heterocycles. The number of amides is 2. The average Bonchev–Trinajstić information content (AvgIpc) is 2.98. The van der Waals surface area contributed by atoms with E-state index in [1.807, 2.05) is 44.2 Å². The Hall–Kier alpha value is -2.41. The third kappa shape index (κ3) is 4.79. The molecule has 2 aromatic rings. The van der Waals surface area contributed by atoms with Gasteiger partial charge < -0.3 is 19.8 Å². The number of carbonyl (C=O) groups is 1. The third-order valence-electron chi connectivity index (χ3n) is 3.63. The number of aromatic nitrogens is 2. The Bertz CT molecular complexity index is 642. The fraction of sp³-hybridized carbons (Fsp3) is 0.471. The number of aliphatic hydroxyl groups is 1. The number of aryl methyl sites for hydroxylation is 1. The van der Waals surface area contributed by atoms with E-state index in [-0.39, 0.29) is 31.1 Å². The molecule has 0 bridgehead atoms. The predicted molar refractivity (Wildman–Crippen MR) is 89.1 cm³/mol. The summed E-state index contributed by atoms with van der Waals surface area (Å²) in [5, 5.41) is 16.0. The quantitative estimate of drug-likeness (QED) is 0.811. The van der Waals surface area contributed by atoms with E-state index in [0.29, 0.717) is 18.3 Å². The monoisotopic (exact) mass is 332 g/mol. The SMILES string of the molecule is Cc1noc(C(NC(=O)N(CCO)Cc2ccccc2)C(C)C)n1. The van der Waals surface area contributed by atoms with Crippen molar-refractivity contribution in [1.29, 1.82) is 0 Å². The minimum Gasteiger partial charge on any atom is -0.395 e. The first-order valence-electron chi connectivity index (χ1n) is 8.01. The molecule has 0 saturated carbocycles. The van der Waals surface area contributed by atoms with Gasteiger partial charge in [-0.1, -0.05) is 49.3 Å². The highest BCUT2D eigenvalue weighted by atomic mass is 16.5. The molecule has 0 aliphatic carbocycles. The Balaban J connectivity index is 2.10. The van der Waals surface area contributed by atoms with Gasteiger partial charge in [0.1, 0.15) is 6.04 Å². The highest BCUT2D eigenvalue weighted by Gasteiger charge is 2.26. The van der Waals surface area contributed by atoms with Crippen molar-refractivity contribution in [3.8, 4) is 0 Å². The van der Waals surface area contributed by atoms with Gasteiger partial charge in [0, 0.05) is 13.1 Å². The zero-order valence-electron chi connectivity index (χ0n) is 14.3. The Morgan fingerprint density at radius 1 is 1.33 bits per heavy atom. The van der Waals surface area contributed by atoms with Crippen molar-refractivity contribution in [1.82, 2.24) is 20.4 Å². The van der Waals surface area contributed by atoms with Gasteiger partial charge >= 0.3 is 6.03 Å². The summed E-state index contributed by atoms with van der Waals surface area (Å²) in [5.74, 6) is 1.00. The van der Waals surface area contributed by atoms with E-state index in [0.717, 1.165) is 5.56 Å².